The van der Waals surface area contributed by atoms with Crippen LogP contribution in [0.1, 0.15) is 65.4 Å². The van der Waals surface area contributed by atoms with Crippen LogP contribution in [0.15, 0.2) is 30.3 Å². The Bertz CT molecular complexity index is 721. The fraction of sp³-hybridized carbons (Fsp3) is 0.609. The summed E-state index contributed by atoms with van der Waals surface area (Å²) in [7, 11) is 0. The van der Waals surface area contributed by atoms with E-state index in [9.17, 15) is 14.4 Å². The normalized spacial score (nSPS) is 15.7. The Labute approximate surface area is 179 Å². The standard InChI is InChI=1S/C23H34N2O5/c1-5-29-19(26)17-25(16-18-12-8-6-9-13-18)20(27)23(14-10-7-11-15-23)24-21(28)30-22(2,3)4/h6,8-9,12-13H,5,7,10-11,14-17H2,1-4H3,(H,24,28). The molecule has 0 heterocycles. The summed E-state index contributed by atoms with van der Waals surface area (Å²) in [5.74, 6) is -0.741. The van der Waals surface area contributed by atoms with Crippen molar-refractivity contribution in [1.29, 1.82) is 0 Å². The summed E-state index contributed by atoms with van der Waals surface area (Å²) in [6.45, 7) is 7.41. The van der Waals surface area contributed by atoms with E-state index in [-0.39, 0.29) is 25.6 Å². The third kappa shape index (κ3) is 7.04. The molecule has 1 aliphatic rings. The lowest BCUT2D eigenvalue weighted by molar-refractivity contribution is -0.152. The highest BCUT2D eigenvalue weighted by Gasteiger charge is 2.44. The van der Waals surface area contributed by atoms with E-state index in [0.29, 0.717) is 12.8 Å². The number of carbonyl (C=O) groups is 3. The van der Waals surface area contributed by atoms with Gasteiger partial charge in [0.25, 0.3) is 0 Å². The lowest BCUT2D eigenvalue weighted by atomic mass is 9.80. The second-order valence-electron chi connectivity index (χ2n) is 8.72. The molecule has 1 fully saturated rings. The molecule has 7 heteroatoms. The summed E-state index contributed by atoms with van der Waals surface area (Å²) < 4.78 is 10.5. The van der Waals surface area contributed by atoms with Crippen LogP contribution in [-0.4, -0.2) is 47.2 Å². The van der Waals surface area contributed by atoms with Crippen LogP contribution in [0.5, 0.6) is 0 Å². The number of rotatable bonds is 7. The van der Waals surface area contributed by atoms with Crippen molar-refractivity contribution in [1.82, 2.24) is 10.2 Å². The average molecular weight is 419 g/mol. The monoisotopic (exact) mass is 418 g/mol. The molecule has 7 nitrogen and oxygen atoms in total. The summed E-state index contributed by atoms with van der Waals surface area (Å²) in [6.07, 6.45) is 3.05. The zero-order chi connectivity index (χ0) is 22.2. The summed E-state index contributed by atoms with van der Waals surface area (Å²) >= 11 is 0. The molecular weight excluding hydrogens is 384 g/mol. The minimum atomic E-state index is -1.08. The molecule has 1 aliphatic carbocycles. The molecule has 0 aliphatic heterocycles. The van der Waals surface area contributed by atoms with E-state index in [0.717, 1.165) is 24.8 Å². The Morgan fingerprint density at radius 1 is 1.07 bits per heavy atom. The van der Waals surface area contributed by atoms with Gasteiger partial charge in [-0.15, -0.1) is 0 Å². The van der Waals surface area contributed by atoms with E-state index < -0.39 is 23.2 Å². The van der Waals surface area contributed by atoms with Crippen LogP contribution < -0.4 is 5.32 Å². The zero-order valence-corrected chi connectivity index (χ0v) is 18.5. The van der Waals surface area contributed by atoms with Gasteiger partial charge in [0.2, 0.25) is 5.91 Å². The van der Waals surface area contributed by atoms with E-state index >= 15 is 0 Å². The quantitative estimate of drug-likeness (QED) is 0.681. The highest BCUT2D eigenvalue weighted by Crippen LogP contribution is 2.31. The summed E-state index contributed by atoms with van der Waals surface area (Å²) in [4.78, 5) is 40.0. The van der Waals surface area contributed by atoms with Crippen molar-refractivity contribution < 1.29 is 23.9 Å². The zero-order valence-electron chi connectivity index (χ0n) is 18.5. The highest BCUT2D eigenvalue weighted by molar-refractivity contribution is 5.92. The van der Waals surface area contributed by atoms with Crippen LogP contribution in [0, 0.1) is 0 Å². The molecular formula is C23H34N2O5. The SMILES string of the molecule is CCOC(=O)CN(Cc1ccccc1)C(=O)C1(NC(=O)OC(C)(C)C)CCCCC1. The van der Waals surface area contributed by atoms with E-state index in [1.165, 1.54) is 4.90 Å². The number of hydrogen-bond acceptors (Lipinski definition) is 5. The van der Waals surface area contributed by atoms with E-state index in [2.05, 4.69) is 5.32 Å². The smallest absolute Gasteiger partial charge is 0.408 e. The molecule has 1 aromatic carbocycles. The Morgan fingerprint density at radius 3 is 2.27 bits per heavy atom. The number of benzene rings is 1. The fourth-order valence-electron chi connectivity index (χ4n) is 3.72. The van der Waals surface area contributed by atoms with Crippen LogP contribution in [-0.2, 0) is 25.6 Å². The van der Waals surface area contributed by atoms with Crippen molar-refractivity contribution in [3.8, 4) is 0 Å². The first-order chi connectivity index (χ1) is 14.1. The number of hydrogen-bond donors (Lipinski definition) is 1. The van der Waals surface area contributed by atoms with Crippen molar-refractivity contribution in [2.45, 2.75) is 77.5 Å². The highest BCUT2D eigenvalue weighted by atomic mass is 16.6. The van der Waals surface area contributed by atoms with Crippen LogP contribution in [0.2, 0.25) is 0 Å². The Kier molecular flexibility index (Phi) is 8.26. The fourth-order valence-corrected chi connectivity index (χ4v) is 3.72. The number of nitrogens with zero attached hydrogens (tertiary/aromatic N) is 1. The van der Waals surface area contributed by atoms with Gasteiger partial charge in [0.15, 0.2) is 0 Å². The molecule has 1 N–H and O–H groups in total. The first-order valence-electron chi connectivity index (χ1n) is 10.7. The Hall–Kier alpha value is -2.57. The molecule has 166 valence electrons. The number of nitrogens with one attached hydrogen (secondary N) is 1. The van der Waals surface area contributed by atoms with Crippen molar-refractivity contribution in [3.05, 3.63) is 35.9 Å². The largest absolute Gasteiger partial charge is 0.465 e. The molecule has 2 amide bonds. The van der Waals surface area contributed by atoms with Crippen molar-refractivity contribution in [2.75, 3.05) is 13.2 Å². The van der Waals surface area contributed by atoms with Crippen LogP contribution in [0.3, 0.4) is 0 Å². The summed E-state index contributed by atoms with van der Waals surface area (Å²) in [5, 5.41) is 2.86. The molecule has 0 bridgehead atoms. The van der Waals surface area contributed by atoms with Gasteiger partial charge in [0, 0.05) is 6.54 Å². The molecule has 0 spiro atoms. The number of ether oxygens (including phenoxy) is 2. The molecule has 30 heavy (non-hydrogen) atoms. The van der Waals surface area contributed by atoms with Crippen molar-refractivity contribution >= 4 is 18.0 Å². The van der Waals surface area contributed by atoms with Gasteiger partial charge in [-0.3, -0.25) is 9.59 Å². The van der Waals surface area contributed by atoms with Crippen molar-refractivity contribution in [3.63, 3.8) is 0 Å². The number of carbonyl (C=O) groups excluding carboxylic acids is 3. The minimum Gasteiger partial charge on any atom is -0.465 e. The second kappa shape index (κ2) is 10.5. The molecule has 0 saturated heterocycles. The van der Waals surface area contributed by atoms with Gasteiger partial charge in [-0.2, -0.15) is 0 Å². The van der Waals surface area contributed by atoms with Gasteiger partial charge < -0.3 is 19.7 Å². The van der Waals surface area contributed by atoms with Crippen LogP contribution in [0.25, 0.3) is 0 Å². The molecule has 2 rings (SSSR count). The van der Waals surface area contributed by atoms with E-state index in [1.54, 1.807) is 27.7 Å². The van der Waals surface area contributed by atoms with E-state index in [4.69, 9.17) is 9.47 Å². The molecule has 1 aromatic rings. The van der Waals surface area contributed by atoms with Gasteiger partial charge in [-0.1, -0.05) is 49.6 Å². The summed E-state index contributed by atoms with van der Waals surface area (Å²) in [5.41, 5.74) is -0.849. The van der Waals surface area contributed by atoms with Crippen LogP contribution >= 0.6 is 0 Å². The van der Waals surface area contributed by atoms with Gasteiger partial charge in [0.1, 0.15) is 17.7 Å². The lowest BCUT2D eigenvalue weighted by Gasteiger charge is -2.40. The predicted molar refractivity (Wildman–Crippen MR) is 114 cm³/mol. The first kappa shape index (κ1) is 23.7. The molecule has 0 unspecified atom stereocenters. The van der Waals surface area contributed by atoms with Gasteiger partial charge in [-0.25, -0.2) is 4.79 Å². The number of amides is 2. The molecule has 1 saturated carbocycles. The third-order valence-corrected chi connectivity index (χ3v) is 4.99. The summed E-state index contributed by atoms with van der Waals surface area (Å²) in [6, 6.07) is 9.48. The third-order valence-electron chi connectivity index (χ3n) is 4.99. The molecule has 0 radical (unpaired) electrons. The maximum absolute atomic E-state index is 13.7. The van der Waals surface area contributed by atoms with Gasteiger partial charge in [0.05, 0.1) is 6.61 Å². The van der Waals surface area contributed by atoms with Crippen molar-refractivity contribution in [2.24, 2.45) is 0 Å². The minimum absolute atomic E-state index is 0.167. The molecule has 0 atom stereocenters. The average Bonchev–Trinajstić information content (AvgIpc) is 2.67. The van der Waals surface area contributed by atoms with E-state index in [1.807, 2.05) is 30.3 Å². The Balaban J connectivity index is 2.28. The van der Waals surface area contributed by atoms with Gasteiger partial charge >= 0.3 is 12.1 Å². The molecule has 0 aromatic heterocycles. The second-order valence-corrected chi connectivity index (χ2v) is 8.72. The number of esters is 1. The maximum atomic E-state index is 13.7. The topological polar surface area (TPSA) is 84.9 Å². The van der Waals surface area contributed by atoms with Crippen LogP contribution in [0.4, 0.5) is 4.79 Å². The predicted octanol–water partition coefficient (Wildman–Crippen LogP) is 3.81. The number of alkyl carbamates (subject to hydrolysis) is 1. The Morgan fingerprint density at radius 2 is 1.70 bits per heavy atom. The first-order valence-corrected chi connectivity index (χ1v) is 10.7. The van der Waals surface area contributed by atoms with Gasteiger partial charge in [-0.05, 0) is 46.1 Å². The lowest BCUT2D eigenvalue weighted by Crippen LogP contribution is -2.61. The maximum Gasteiger partial charge on any atom is 0.408 e.